The minimum absolute atomic E-state index is 0.0535. The lowest BCUT2D eigenvalue weighted by Crippen LogP contribution is -2.52. The number of ether oxygens (including phenoxy) is 2. The van der Waals surface area contributed by atoms with Crippen LogP contribution in [0.5, 0.6) is 0 Å². The van der Waals surface area contributed by atoms with Gasteiger partial charge in [-0.2, -0.15) is 0 Å². The van der Waals surface area contributed by atoms with E-state index in [0.717, 1.165) is 82.2 Å². The zero-order valence-electron chi connectivity index (χ0n) is 33.6. The number of aromatic nitrogens is 4. The van der Waals surface area contributed by atoms with Gasteiger partial charge in [-0.15, -0.1) is 0 Å². The van der Waals surface area contributed by atoms with E-state index < -0.39 is 24.3 Å². The third kappa shape index (κ3) is 8.20. The summed E-state index contributed by atoms with van der Waals surface area (Å²) in [6, 6.07) is 16.7. The van der Waals surface area contributed by atoms with Crippen molar-refractivity contribution in [2.45, 2.75) is 89.9 Å². The first-order valence-corrected chi connectivity index (χ1v) is 20.3. The van der Waals surface area contributed by atoms with Gasteiger partial charge in [0.25, 0.3) is 0 Å². The fourth-order valence-corrected chi connectivity index (χ4v) is 8.61. The van der Waals surface area contributed by atoms with Gasteiger partial charge in [-0.25, -0.2) is 19.6 Å². The van der Waals surface area contributed by atoms with Crippen LogP contribution in [0.1, 0.15) is 83.4 Å². The van der Waals surface area contributed by atoms with E-state index >= 15 is 0 Å². The number of aromatic amines is 2. The smallest absolute Gasteiger partial charge is 0.407 e. The highest BCUT2D eigenvalue weighted by Gasteiger charge is 2.38. The number of halogens is 1. The van der Waals surface area contributed by atoms with Gasteiger partial charge in [0.05, 0.1) is 31.3 Å². The average molecular weight is 811 g/mol. The third-order valence-electron chi connectivity index (χ3n) is 11.5. The fraction of sp³-hybridized carbons (Fsp3) is 0.442. The Morgan fingerprint density at radius 3 is 2.14 bits per heavy atom. The highest BCUT2D eigenvalue weighted by Crippen LogP contribution is 2.38. The molecule has 5 atom stereocenters. The van der Waals surface area contributed by atoms with Gasteiger partial charge in [0.2, 0.25) is 11.8 Å². The number of imidazole rings is 2. The summed E-state index contributed by atoms with van der Waals surface area (Å²) < 4.78 is 9.50. The Morgan fingerprint density at radius 2 is 1.45 bits per heavy atom. The van der Waals surface area contributed by atoms with E-state index in [0.29, 0.717) is 17.4 Å². The van der Waals surface area contributed by atoms with Gasteiger partial charge in [-0.1, -0.05) is 88.2 Å². The van der Waals surface area contributed by atoms with Crippen molar-refractivity contribution in [3.8, 4) is 22.4 Å². The summed E-state index contributed by atoms with van der Waals surface area (Å²) in [6.07, 6.45) is 2.88. The third-order valence-corrected chi connectivity index (χ3v) is 11.8. The van der Waals surface area contributed by atoms with E-state index in [1.54, 1.807) is 0 Å². The lowest BCUT2D eigenvalue weighted by molar-refractivity contribution is -0.135. The van der Waals surface area contributed by atoms with Crippen LogP contribution < -0.4 is 16.0 Å². The highest BCUT2D eigenvalue weighted by atomic mass is 35.5. The van der Waals surface area contributed by atoms with Crippen molar-refractivity contribution in [1.29, 1.82) is 0 Å². The molecule has 0 bridgehead atoms. The first-order chi connectivity index (χ1) is 27.9. The van der Waals surface area contributed by atoms with Gasteiger partial charge in [-0.3, -0.25) is 9.59 Å². The molecule has 0 radical (unpaired) electrons. The van der Waals surface area contributed by atoms with Crippen LogP contribution in [0, 0.1) is 11.8 Å². The summed E-state index contributed by atoms with van der Waals surface area (Å²) in [5, 5.41) is 11.0. The molecular formula is C43H51ClN8O6. The Labute approximate surface area is 342 Å². The number of alkyl carbamates (subject to hydrolysis) is 2. The molecule has 0 unspecified atom stereocenters. The number of nitrogens with one attached hydrogen (secondary N) is 5. The second-order valence-electron chi connectivity index (χ2n) is 15.9. The van der Waals surface area contributed by atoms with Crippen LogP contribution in [0.4, 0.5) is 9.59 Å². The van der Waals surface area contributed by atoms with Crippen molar-refractivity contribution in [3.05, 3.63) is 71.4 Å². The number of hydrogen-bond donors (Lipinski definition) is 5. The van der Waals surface area contributed by atoms with Crippen LogP contribution in [0.2, 0.25) is 5.15 Å². The molecule has 15 heteroatoms. The topological polar surface area (TPSA) is 183 Å². The van der Waals surface area contributed by atoms with Crippen LogP contribution in [0.25, 0.3) is 44.2 Å². The standard InChI is InChI=1S/C43H51ClN8O6/c1-22(2)33(49-42(55)57-5)40(53)46-30-10-7-9-29(30)38-47-35(37(44)51-38)25-14-12-24(13-15-25)26-16-18-28-27(21-26)17-19-31-36(28)48-39(45-31)32-11-8-20-52(32)41(54)34(23(3)4)50-43(56)58-6/h12-19,21-23,29-30,32-34H,7-11,20H2,1-6H3,(H,45,48)(H,46,53)(H,47,51)(H,49,55)(H,50,56)/t29-,30-,32-,33-,34-/m0/s1. The van der Waals surface area contributed by atoms with Crippen LogP contribution in [-0.4, -0.2) is 87.7 Å². The number of likely N-dealkylation sites (tertiary alicyclic amines) is 1. The largest absolute Gasteiger partial charge is 0.453 e. The van der Waals surface area contributed by atoms with Gasteiger partial charge in [0, 0.05) is 29.5 Å². The summed E-state index contributed by atoms with van der Waals surface area (Å²) in [5.74, 6) is 0.757. The van der Waals surface area contributed by atoms with E-state index in [-0.39, 0.29) is 41.7 Å². The number of carbonyl (C=O) groups is 4. The maximum atomic E-state index is 13.7. The van der Waals surface area contributed by atoms with E-state index in [1.165, 1.54) is 14.2 Å². The number of rotatable bonds is 11. The maximum absolute atomic E-state index is 13.7. The van der Waals surface area contributed by atoms with Crippen LogP contribution in [-0.2, 0) is 19.1 Å². The number of benzene rings is 3. The molecule has 58 heavy (non-hydrogen) atoms. The molecule has 0 spiro atoms. The molecule has 5 N–H and O–H groups in total. The molecule has 3 heterocycles. The van der Waals surface area contributed by atoms with Crippen molar-refractivity contribution in [3.63, 3.8) is 0 Å². The molecule has 14 nitrogen and oxygen atoms in total. The number of carbonyl (C=O) groups excluding carboxylic acids is 4. The lowest BCUT2D eigenvalue weighted by Gasteiger charge is -2.29. The summed E-state index contributed by atoms with van der Waals surface area (Å²) in [5.41, 5.74) is 5.31. The van der Waals surface area contributed by atoms with E-state index in [4.69, 9.17) is 31.0 Å². The molecule has 3 aromatic carbocycles. The molecular weight excluding hydrogens is 760 g/mol. The second kappa shape index (κ2) is 17.1. The Hall–Kier alpha value is -5.63. The second-order valence-corrected chi connectivity index (χ2v) is 16.3. The Kier molecular flexibility index (Phi) is 11.9. The van der Waals surface area contributed by atoms with Crippen molar-refractivity contribution >= 4 is 57.4 Å². The minimum Gasteiger partial charge on any atom is -0.453 e. The molecule has 4 amide bonds. The first kappa shape index (κ1) is 40.6. The zero-order valence-corrected chi connectivity index (χ0v) is 34.4. The number of amides is 4. The van der Waals surface area contributed by atoms with Crippen LogP contribution in [0.15, 0.2) is 54.6 Å². The molecule has 1 aliphatic heterocycles. The Morgan fingerprint density at radius 1 is 0.776 bits per heavy atom. The minimum atomic E-state index is -0.723. The van der Waals surface area contributed by atoms with E-state index in [1.807, 2.05) is 50.8 Å². The van der Waals surface area contributed by atoms with Crippen molar-refractivity contribution < 1.29 is 28.7 Å². The Bertz CT molecular complexity index is 2320. The van der Waals surface area contributed by atoms with E-state index in [2.05, 4.69) is 62.3 Å². The van der Waals surface area contributed by atoms with Gasteiger partial charge in [-0.05, 0) is 66.2 Å². The van der Waals surface area contributed by atoms with E-state index in [9.17, 15) is 19.2 Å². The number of hydrogen-bond acceptors (Lipinski definition) is 8. The predicted octanol–water partition coefficient (Wildman–Crippen LogP) is 7.60. The molecule has 306 valence electrons. The summed E-state index contributed by atoms with van der Waals surface area (Å²) in [4.78, 5) is 69.4. The molecule has 1 saturated heterocycles. The molecule has 7 rings (SSSR count). The summed E-state index contributed by atoms with van der Waals surface area (Å²) in [6.45, 7) is 8.14. The van der Waals surface area contributed by atoms with Gasteiger partial charge >= 0.3 is 12.2 Å². The SMILES string of the molecule is COC(=O)N[C@H](C(=O)N[C@H]1CCC[C@@H]1c1nc(-c2ccc(-c3ccc4c(ccc5[nH]c([C@@H]6CCCN6C(=O)[C@@H](NC(=O)OC)C(C)C)nc54)c3)cc2)c(Cl)[nH]1)C(C)C. The fourth-order valence-electron chi connectivity index (χ4n) is 8.36. The van der Waals surface area contributed by atoms with Gasteiger partial charge < -0.3 is 40.3 Å². The molecule has 2 aromatic heterocycles. The average Bonchev–Trinajstić information content (AvgIpc) is 4.04. The van der Waals surface area contributed by atoms with Gasteiger partial charge in [0.15, 0.2) is 0 Å². The van der Waals surface area contributed by atoms with Crippen LogP contribution >= 0.6 is 11.6 Å². The van der Waals surface area contributed by atoms with Crippen molar-refractivity contribution in [2.75, 3.05) is 20.8 Å². The quantitative estimate of drug-likeness (QED) is 0.0903. The monoisotopic (exact) mass is 810 g/mol. The molecule has 2 aliphatic rings. The predicted molar refractivity (Wildman–Crippen MR) is 222 cm³/mol. The Balaban J connectivity index is 1.07. The molecule has 5 aromatic rings. The first-order valence-electron chi connectivity index (χ1n) is 19.9. The van der Waals surface area contributed by atoms with Crippen molar-refractivity contribution in [1.82, 2.24) is 40.8 Å². The van der Waals surface area contributed by atoms with Gasteiger partial charge in [0.1, 0.15) is 34.6 Å². The molecule has 1 saturated carbocycles. The lowest BCUT2D eigenvalue weighted by atomic mass is 9.99. The maximum Gasteiger partial charge on any atom is 0.407 e. The zero-order chi connectivity index (χ0) is 41.2. The summed E-state index contributed by atoms with van der Waals surface area (Å²) >= 11 is 6.75. The number of nitrogens with zero attached hydrogens (tertiary/aromatic N) is 3. The number of methoxy groups -OCH3 is 2. The molecule has 1 aliphatic carbocycles. The normalized spacial score (nSPS) is 19.1. The van der Waals surface area contributed by atoms with Crippen LogP contribution in [0.3, 0.4) is 0 Å². The van der Waals surface area contributed by atoms with Crippen molar-refractivity contribution in [2.24, 2.45) is 11.8 Å². The number of fused-ring (bicyclic) bond motifs is 3. The summed E-state index contributed by atoms with van der Waals surface area (Å²) in [7, 11) is 2.57. The highest BCUT2D eigenvalue weighted by molar-refractivity contribution is 6.32. The number of H-pyrrole nitrogens is 2. The molecule has 2 fully saturated rings.